The van der Waals surface area contributed by atoms with Gasteiger partial charge in [0.1, 0.15) is 5.76 Å². The zero-order valence-corrected chi connectivity index (χ0v) is 12.7. The highest BCUT2D eigenvalue weighted by atomic mass is 16.5. The third kappa shape index (κ3) is 6.79. The van der Waals surface area contributed by atoms with Gasteiger partial charge >= 0.3 is 0 Å². The summed E-state index contributed by atoms with van der Waals surface area (Å²) in [6, 6.07) is 2.01. The van der Waals surface area contributed by atoms with E-state index in [4.69, 9.17) is 9.15 Å². The minimum absolute atomic E-state index is 0.332. The zero-order chi connectivity index (χ0) is 13.9. The number of nitrogens with one attached hydrogen (secondary N) is 1. The highest BCUT2D eigenvalue weighted by Gasteiger charge is 2.08. The molecule has 3 heteroatoms. The van der Waals surface area contributed by atoms with Gasteiger partial charge in [-0.05, 0) is 26.0 Å². The highest BCUT2D eigenvalue weighted by Crippen LogP contribution is 2.15. The van der Waals surface area contributed by atoms with E-state index in [9.17, 15) is 0 Å². The van der Waals surface area contributed by atoms with Crippen LogP contribution >= 0.6 is 0 Å². The zero-order valence-electron chi connectivity index (χ0n) is 12.7. The van der Waals surface area contributed by atoms with E-state index in [1.54, 1.807) is 6.26 Å². The summed E-state index contributed by atoms with van der Waals surface area (Å²) in [5.74, 6) is 1.00. The quantitative estimate of drug-likeness (QED) is 0.608. The minimum Gasteiger partial charge on any atom is -0.468 e. The smallest absolute Gasteiger partial charge is 0.123 e. The Balaban J connectivity index is 2.22. The molecule has 1 rings (SSSR count). The van der Waals surface area contributed by atoms with Gasteiger partial charge in [-0.15, -0.1) is 0 Å². The van der Waals surface area contributed by atoms with Gasteiger partial charge in [-0.25, -0.2) is 0 Å². The molecule has 0 aromatic carbocycles. The standard InChI is InChI=1S/C16H29NO2/c1-4-6-7-8-9-14(3)19-13-15-10-11-18-16(15)12-17-5-2/h10-11,14,17H,4-9,12-13H2,1-3H3. The van der Waals surface area contributed by atoms with Gasteiger partial charge in [0, 0.05) is 5.56 Å². The Morgan fingerprint density at radius 2 is 2.11 bits per heavy atom. The maximum Gasteiger partial charge on any atom is 0.123 e. The van der Waals surface area contributed by atoms with Gasteiger partial charge in [-0.3, -0.25) is 0 Å². The molecule has 0 saturated carbocycles. The summed E-state index contributed by atoms with van der Waals surface area (Å²) in [6.45, 7) is 8.90. The SMILES string of the molecule is CCCCCCC(C)OCc1ccoc1CNCC. The van der Waals surface area contributed by atoms with Gasteiger partial charge in [-0.2, -0.15) is 0 Å². The Bertz CT molecular complexity index is 322. The van der Waals surface area contributed by atoms with Crippen LogP contribution in [0.2, 0.25) is 0 Å². The van der Waals surface area contributed by atoms with E-state index in [1.807, 2.05) is 6.07 Å². The van der Waals surface area contributed by atoms with Crippen LogP contribution in [0.15, 0.2) is 16.7 Å². The predicted octanol–water partition coefficient (Wildman–Crippen LogP) is 4.26. The van der Waals surface area contributed by atoms with Crippen molar-refractivity contribution in [3.63, 3.8) is 0 Å². The van der Waals surface area contributed by atoms with Gasteiger partial charge in [0.15, 0.2) is 0 Å². The van der Waals surface area contributed by atoms with Gasteiger partial charge in [-0.1, -0.05) is 39.5 Å². The highest BCUT2D eigenvalue weighted by molar-refractivity contribution is 5.15. The van der Waals surface area contributed by atoms with Crippen LogP contribution in [0.4, 0.5) is 0 Å². The van der Waals surface area contributed by atoms with E-state index in [2.05, 4.69) is 26.1 Å². The van der Waals surface area contributed by atoms with Crippen molar-refractivity contribution in [2.24, 2.45) is 0 Å². The Morgan fingerprint density at radius 1 is 1.26 bits per heavy atom. The average Bonchev–Trinajstić information content (AvgIpc) is 2.86. The fourth-order valence-corrected chi connectivity index (χ4v) is 2.06. The first-order valence-electron chi connectivity index (χ1n) is 7.65. The number of rotatable bonds is 11. The van der Waals surface area contributed by atoms with Crippen LogP contribution in [-0.4, -0.2) is 12.6 Å². The summed E-state index contributed by atoms with van der Waals surface area (Å²) in [6.07, 6.45) is 8.45. The lowest BCUT2D eigenvalue weighted by Gasteiger charge is -2.13. The molecule has 1 heterocycles. The molecule has 3 nitrogen and oxygen atoms in total. The second-order valence-corrected chi connectivity index (χ2v) is 5.12. The first kappa shape index (κ1) is 16.3. The summed E-state index contributed by atoms with van der Waals surface area (Å²) in [4.78, 5) is 0. The second-order valence-electron chi connectivity index (χ2n) is 5.12. The lowest BCUT2D eigenvalue weighted by molar-refractivity contribution is 0.0450. The van der Waals surface area contributed by atoms with Gasteiger partial charge < -0.3 is 14.5 Å². The number of unbranched alkanes of at least 4 members (excludes halogenated alkanes) is 3. The maximum absolute atomic E-state index is 5.90. The molecule has 0 aliphatic heterocycles. The van der Waals surface area contributed by atoms with Crippen molar-refractivity contribution in [2.45, 2.75) is 72.1 Å². The fraction of sp³-hybridized carbons (Fsp3) is 0.750. The fourth-order valence-electron chi connectivity index (χ4n) is 2.06. The minimum atomic E-state index is 0.332. The van der Waals surface area contributed by atoms with Crippen molar-refractivity contribution < 1.29 is 9.15 Å². The molecule has 1 aromatic heterocycles. The van der Waals surface area contributed by atoms with Crippen molar-refractivity contribution >= 4 is 0 Å². The van der Waals surface area contributed by atoms with E-state index in [0.717, 1.165) is 25.3 Å². The van der Waals surface area contributed by atoms with Crippen LogP contribution < -0.4 is 5.32 Å². The molecule has 1 unspecified atom stereocenters. The Morgan fingerprint density at radius 3 is 2.84 bits per heavy atom. The summed E-state index contributed by atoms with van der Waals surface area (Å²) < 4.78 is 11.4. The third-order valence-corrected chi connectivity index (χ3v) is 3.36. The summed E-state index contributed by atoms with van der Waals surface area (Å²) >= 11 is 0. The molecule has 0 radical (unpaired) electrons. The lowest BCUT2D eigenvalue weighted by Crippen LogP contribution is -2.13. The van der Waals surface area contributed by atoms with E-state index in [-0.39, 0.29) is 0 Å². The van der Waals surface area contributed by atoms with Crippen molar-refractivity contribution in [2.75, 3.05) is 6.54 Å². The van der Waals surface area contributed by atoms with E-state index >= 15 is 0 Å². The largest absolute Gasteiger partial charge is 0.468 e. The van der Waals surface area contributed by atoms with Crippen LogP contribution in [0, 0.1) is 0 Å². The third-order valence-electron chi connectivity index (χ3n) is 3.36. The Hall–Kier alpha value is -0.800. The number of hydrogen-bond acceptors (Lipinski definition) is 3. The predicted molar refractivity (Wildman–Crippen MR) is 79.1 cm³/mol. The van der Waals surface area contributed by atoms with Crippen LogP contribution in [0.1, 0.15) is 64.2 Å². The van der Waals surface area contributed by atoms with E-state index in [0.29, 0.717) is 12.7 Å². The number of furan rings is 1. The molecule has 1 aromatic rings. The molecule has 1 atom stereocenters. The molecule has 1 N–H and O–H groups in total. The van der Waals surface area contributed by atoms with Gasteiger partial charge in [0.2, 0.25) is 0 Å². The first-order valence-corrected chi connectivity index (χ1v) is 7.65. The Labute approximate surface area is 117 Å². The van der Waals surface area contributed by atoms with Crippen molar-refractivity contribution in [1.82, 2.24) is 5.32 Å². The monoisotopic (exact) mass is 267 g/mol. The second kappa shape index (κ2) is 10.0. The molecule has 0 aliphatic carbocycles. The number of ether oxygens (including phenoxy) is 1. The van der Waals surface area contributed by atoms with Crippen molar-refractivity contribution in [3.8, 4) is 0 Å². The first-order chi connectivity index (χ1) is 9.27. The van der Waals surface area contributed by atoms with E-state index in [1.165, 1.54) is 31.2 Å². The lowest BCUT2D eigenvalue weighted by atomic mass is 10.1. The van der Waals surface area contributed by atoms with Gasteiger partial charge in [0.25, 0.3) is 0 Å². The van der Waals surface area contributed by atoms with Crippen LogP contribution in [-0.2, 0) is 17.9 Å². The summed E-state index contributed by atoms with van der Waals surface area (Å²) in [5, 5.41) is 3.28. The molecule has 0 spiro atoms. The molecule has 110 valence electrons. The number of hydrogen-bond donors (Lipinski definition) is 1. The van der Waals surface area contributed by atoms with Crippen molar-refractivity contribution in [1.29, 1.82) is 0 Å². The summed E-state index contributed by atoms with van der Waals surface area (Å²) in [7, 11) is 0. The molecular formula is C16H29NO2. The van der Waals surface area contributed by atoms with Gasteiger partial charge in [0.05, 0.1) is 25.5 Å². The average molecular weight is 267 g/mol. The molecule has 0 bridgehead atoms. The summed E-state index contributed by atoms with van der Waals surface area (Å²) in [5.41, 5.74) is 1.17. The van der Waals surface area contributed by atoms with Crippen LogP contribution in [0.5, 0.6) is 0 Å². The Kier molecular flexibility index (Phi) is 8.59. The topological polar surface area (TPSA) is 34.4 Å². The van der Waals surface area contributed by atoms with Crippen LogP contribution in [0.3, 0.4) is 0 Å². The molecule has 0 aliphatic rings. The maximum atomic E-state index is 5.90. The van der Waals surface area contributed by atoms with E-state index < -0.39 is 0 Å². The molecule has 0 saturated heterocycles. The normalized spacial score (nSPS) is 12.8. The molecule has 0 amide bonds. The molecule has 19 heavy (non-hydrogen) atoms. The van der Waals surface area contributed by atoms with Crippen molar-refractivity contribution in [3.05, 3.63) is 23.7 Å². The molecular weight excluding hydrogens is 238 g/mol. The molecule has 0 fully saturated rings. The van der Waals surface area contributed by atoms with Crippen LogP contribution in [0.25, 0.3) is 0 Å².